The number of nitrogens with one attached hydrogen (secondary N) is 2. The maximum Gasteiger partial charge on any atom is 0.228 e. The summed E-state index contributed by atoms with van der Waals surface area (Å²) < 4.78 is 7.99. The van der Waals surface area contributed by atoms with Gasteiger partial charge in [0.2, 0.25) is 5.91 Å². The van der Waals surface area contributed by atoms with E-state index >= 15 is 0 Å². The van der Waals surface area contributed by atoms with Gasteiger partial charge >= 0.3 is 0 Å². The van der Waals surface area contributed by atoms with E-state index in [4.69, 9.17) is 4.74 Å². The van der Waals surface area contributed by atoms with Gasteiger partial charge < -0.3 is 15.4 Å². The van der Waals surface area contributed by atoms with Crippen molar-refractivity contribution >= 4 is 51.5 Å². The first-order chi connectivity index (χ1) is 12.2. The van der Waals surface area contributed by atoms with Crippen molar-refractivity contribution in [1.29, 1.82) is 0 Å². The van der Waals surface area contributed by atoms with E-state index in [9.17, 15) is 4.79 Å². The fourth-order valence-electron chi connectivity index (χ4n) is 2.48. The van der Waals surface area contributed by atoms with Crippen LogP contribution in [0, 0.1) is 9.49 Å². The van der Waals surface area contributed by atoms with Gasteiger partial charge in [0.05, 0.1) is 16.4 Å². The molecule has 2 N–H and O–H groups in total. The second-order valence-corrected chi connectivity index (χ2v) is 6.86. The molecule has 0 spiro atoms. The molecular weight excluding hydrogens is 435 g/mol. The van der Waals surface area contributed by atoms with Crippen molar-refractivity contribution in [2.45, 2.75) is 12.8 Å². The van der Waals surface area contributed by atoms with Gasteiger partial charge in [-0.25, -0.2) is 14.5 Å². The van der Waals surface area contributed by atoms with Crippen LogP contribution in [0.1, 0.15) is 12.8 Å². The number of halogens is 1. The van der Waals surface area contributed by atoms with Crippen LogP contribution in [0.15, 0.2) is 30.7 Å². The van der Waals surface area contributed by atoms with Crippen molar-refractivity contribution in [3.05, 3.63) is 34.3 Å². The van der Waals surface area contributed by atoms with E-state index in [0.717, 1.165) is 16.4 Å². The third kappa shape index (κ3) is 3.23. The first kappa shape index (κ1) is 16.1. The molecular formula is C16H15IN6O2. The lowest BCUT2D eigenvalue weighted by molar-refractivity contribution is -0.117. The molecule has 1 fully saturated rings. The SMILES string of the molecule is COc1c(I)ccnc1Nc1cc(NC(=O)C2CC2)nn2ccnc12. The van der Waals surface area contributed by atoms with Gasteiger partial charge in [0.25, 0.3) is 0 Å². The number of pyridine rings is 1. The van der Waals surface area contributed by atoms with Crippen molar-refractivity contribution in [2.75, 3.05) is 17.7 Å². The first-order valence-corrected chi connectivity index (χ1v) is 8.84. The van der Waals surface area contributed by atoms with Crippen LogP contribution in [0.2, 0.25) is 0 Å². The number of rotatable bonds is 5. The molecule has 0 radical (unpaired) electrons. The van der Waals surface area contributed by atoms with Gasteiger partial charge in [0.15, 0.2) is 23.0 Å². The fraction of sp³-hybridized carbons (Fsp3) is 0.250. The zero-order valence-electron chi connectivity index (χ0n) is 13.4. The maximum absolute atomic E-state index is 12.0. The van der Waals surface area contributed by atoms with Gasteiger partial charge in [-0.15, -0.1) is 5.10 Å². The lowest BCUT2D eigenvalue weighted by atomic mass is 10.3. The van der Waals surface area contributed by atoms with E-state index < -0.39 is 0 Å². The summed E-state index contributed by atoms with van der Waals surface area (Å²) in [6, 6.07) is 3.62. The van der Waals surface area contributed by atoms with Crippen LogP contribution >= 0.6 is 22.6 Å². The van der Waals surface area contributed by atoms with Gasteiger partial charge in [-0.05, 0) is 41.5 Å². The van der Waals surface area contributed by atoms with Crippen LogP contribution in [-0.2, 0) is 4.79 Å². The molecule has 1 aliphatic rings. The number of hydrogen-bond acceptors (Lipinski definition) is 6. The standard InChI is InChI=1S/C16H15IN6O2/c1-25-13-10(17)4-5-18-14(13)20-11-8-12(21-16(24)9-2-3-9)22-23-7-6-19-15(11)23/h4-9H,2-3H2,1H3,(H,18,20)(H,21,22,24). The highest BCUT2D eigenvalue weighted by Crippen LogP contribution is 2.33. The Labute approximate surface area is 157 Å². The highest BCUT2D eigenvalue weighted by Gasteiger charge is 2.30. The maximum atomic E-state index is 12.0. The molecule has 0 aromatic carbocycles. The average Bonchev–Trinajstić information content (AvgIpc) is 3.34. The number of anilines is 3. The molecule has 8 nitrogen and oxygen atoms in total. The highest BCUT2D eigenvalue weighted by molar-refractivity contribution is 14.1. The second-order valence-electron chi connectivity index (χ2n) is 5.70. The summed E-state index contributed by atoms with van der Waals surface area (Å²) in [6.45, 7) is 0. The van der Waals surface area contributed by atoms with Gasteiger partial charge in [0.1, 0.15) is 0 Å². The Balaban J connectivity index is 1.72. The predicted molar refractivity (Wildman–Crippen MR) is 101 cm³/mol. The molecule has 1 aliphatic carbocycles. The van der Waals surface area contributed by atoms with E-state index in [2.05, 4.69) is 48.3 Å². The number of ether oxygens (including phenoxy) is 1. The van der Waals surface area contributed by atoms with E-state index in [0.29, 0.717) is 28.7 Å². The molecule has 3 heterocycles. The van der Waals surface area contributed by atoms with E-state index in [1.54, 1.807) is 36.3 Å². The highest BCUT2D eigenvalue weighted by atomic mass is 127. The number of aromatic nitrogens is 4. The summed E-state index contributed by atoms with van der Waals surface area (Å²) in [7, 11) is 1.60. The number of amides is 1. The third-order valence-electron chi connectivity index (χ3n) is 3.87. The van der Waals surface area contributed by atoms with Crippen molar-refractivity contribution in [1.82, 2.24) is 19.6 Å². The summed E-state index contributed by atoms with van der Waals surface area (Å²) in [5.41, 5.74) is 1.31. The predicted octanol–water partition coefficient (Wildman–Crippen LogP) is 2.83. The van der Waals surface area contributed by atoms with Crippen LogP contribution in [0.25, 0.3) is 5.65 Å². The van der Waals surface area contributed by atoms with E-state index in [1.165, 1.54) is 0 Å². The largest absolute Gasteiger partial charge is 0.492 e. The minimum atomic E-state index is 0.00267. The van der Waals surface area contributed by atoms with Crippen LogP contribution < -0.4 is 15.4 Å². The van der Waals surface area contributed by atoms with Gasteiger partial charge in [-0.3, -0.25) is 4.79 Å². The summed E-state index contributed by atoms with van der Waals surface area (Å²) >= 11 is 2.19. The monoisotopic (exact) mass is 450 g/mol. The molecule has 1 amide bonds. The van der Waals surface area contributed by atoms with Crippen molar-refractivity contribution in [3.8, 4) is 5.75 Å². The molecule has 3 aromatic rings. The summed E-state index contributed by atoms with van der Waals surface area (Å²) in [5, 5.41) is 10.5. The Morgan fingerprint density at radius 2 is 2.20 bits per heavy atom. The van der Waals surface area contributed by atoms with Gasteiger partial charge in [0, 0.05) is 30.6 Å². The molecule has 0 atom stereocenters. The number of carbonyl (C=O) groups excluding carboxylic acids is 1. The molecule has 128 valence electrons. The zero-order chi connectivity index (χ0) is 17.4. The summed E-state index contributed by atoms with van der Waals surface area (Å²) in [5.74, 6) is 1.80. The molecule has 4 rings (SSSR count). The number of hydrogen-bond donors (Lipinski definition) is 2. The van der Waals surface area contributed by atoms with Crippen LogP contribution in [-0.4, -0.2) is 32.6 Å². The Bertz CT molecular complexity index is 953. The van der Waals surface area contributed by atoms with Crippen LogP contribution in [0.5, 0.6) is 5.75 Å². The quantitative estimate of drug-likeness (QED) is 0.581. The Kier molecular flexibility index (Phi) is 4.15. The zero-order valence-corrected chi connectivity index (χ0v) is 15.5. The minimum Gasteiger partial charge on any atom is -0.492 e. The van der Waals surface area contributed by atoms with Crippen molar-refractivity contribution in [2.24, 2.45) is 5.92 Å². The van der Waals surface area contributed by atoms with Gasteiger partial charge in [-0.1, -0.05) is 0 Å². The number of imidazole rings is 1. The number of methoxy groups -OCH3 is 1. The first-order valence-electron chi connectivity index (χ1n) is 7.76. The molecule has 0 saturated heterocycles. The van der Waals surface area contributed by atoms with Gasteiger partial charge in [-0.2, -0.15) is 0 Å². The minimum absolute atomic E-state index is 0.00267. The van der Waals surface area contributed by atoms with E-state index in [-0.39, 0.29) is 11.8 Å². The smallest absolute Gasteiger partial charge is 0.228 e. The van der Waals surface area contributed by atoms with Crippen LogP contribution in [0.4, 0.5) is 17.3 Å². The molecule has 25 heavy (non-hydrogen) atoms. The number of nitrogens with zero attached hydrogens (tertiary/aromatic N) is 4. The Morgan fingerprint density at radius 1 is 1.36 bits per heavy atom. The summed E-state index contributed by atoms with van der Waals surface area (Å²) in [6.07, 6.45) is 6.96. The third-order valence-corrected chi connectivity index (χ3v) is 4.72. The fourth-order valence-corrected chi connectivity index (χ4v) is 3.12. The lowest BCUT2D eigenvalue weighted by Gasteiger charge is -2.13. The molecule has 9 heteroatoms. The number of fused-ring (bicyclic) bond motifs is 1. The van der Waals surface area contributed by atoms with Crippen LogP contribution in [0.3, 0.4) is 0 Å². The molecule has 1 saturated carbocycles. The Morgan fingerprint density at radius 3 is 2.96 bits per heavy atom. The van der Waals surface area contributed by atoms with E-state index in [1.807, 2.05) is 6.07 Å². The molecule has 0 bridgehead atoms. The second kappa shape index (κ2) is 6.47. The normalized spacial score (nSPS) is 13.7. The number of carbonyl (C=O) groups is 1. The van der Waals surface area contributed by atoms with Crippen molar-refractivity contribution in [3.63, 3.8) is 0 Å². The summed E-state index contributed by atoms with van der Waals surface area (Å²) in [4.78, 5) is 20.7. The Hall–Kier alpha value is -2.43. The lowest BCUT2D eigenvalue weighted by Crippen LogP contribution is -2.15. The topological polar surface area (TPSA) is 93.4 Å². The molecule has 3 aromatic heterocycles. The molecule has 0 unspecified atom stereocenters. The molecule has 0 aliphatic heterocycles. The van der Waals surface area contributed by atoms with Crippen molar-refractivity contribution < 1.29 is 9.53 Å². The average molecular weight is 450 g/mol.